The van der Waals surface area contributed by atoms with Gasteiger partial charge in [-0.1, -0.05) is 0 Å². The van der Waals surface area contributed by atoms with E-state index in [4.69, 9.17) is 0 Å². The normalized spacial score (nSPS) is 34.1. The summed E-state index contributed by atoms with van der Waals surface area (Å²) in [5.74, 6) is -0.838. The van der Waals surface area contributed by atoms with Crippen LogP contribution in [-0.2, 0) is 9.59 Å². The Hall–Kier alpha value is -1.43. The minimum Gasteiger partial charge on any atom is -0.298 e. The van der Waals surface area contributed by atoms with Crippen molar-refractivity contribution in [3.8, 4) is 0 Å². The number of imide groups is 2. The van der Waals surface area contributed by atoms with Crippen molar-refractivity contribution in [2.24, 2.45) is 0 Å². The number of urea groups is 1. The lowest BCUT2D eigenvalue weighted by Gasteiger charge is -2.33. The largest absolute Gasteiger partial charge is 0.331 e. The van der Waals surface area contributed by atoms with Crippen LogP contribution >= 0.6 is 0 Å². The molecular weight excluding hydrogens is 222 g/mol. The van der Waals surface area contributed by atoms with Crippen molar-refractivity contribution in [3.63, 3.8) is 0 Å². The van der Waals surface area contributed by atoms with Crippen LogP contribution in [0.5, 0.6) is 0 Å². The number of amides is 4. The van der Waals surface area contributed by atoms with Crippen LogP contribution in [0.15, 0.2) is 0 Å². The number of rotatable bonds is 1. The van der Waals surface area contributed by atoms with E-state index in [9.17, 15) is 14.4 Å². The fraction of sp³-hybridized carbons (Fsp3) is 0.727. The zero-order valence-electron chi connectivity index (χ0n) is 9.52. The molecule has 0 aliphatic carbocycles. The highest BCUT2D eigenvalue weighted by Crippen LogP contribution is 2.32. The van der Waals surface area contributed by atoms with E-state index in [0.717, 1.165) is 32.4 Å². The molecule has 0 aromatic carbocycles. The van der Waals surface area contributed by atoms with E-state index in [1.165, 1.54) is 4.90 Å². The molecule has 6 heteroatoms. The molecule has 0 spiro atoms. The van der Waals surface area contributed by atoms with E-state index >= 15 is 0 Å². The van der Waals surface area contributed by atoms with Crippen LogP contribution in [-0.4, -0.2) is 52.8 Å². The molecule has 17 heavy (non-hydrogen) atoms. The highest BCUT2D eigenvalue weighted by molar-refractivity contribution is 6.14. The summed E-state index contributed by atoms with van der Waals surface area (Å²) < 4.78 is 0. The monoisotopic (exact) mass is 237 g/mol. The Morgan fingerprint density at radius 3 is 2.65 bits per heavy atom. The van der Waals surface area contributed by atoms with Gasteiger partial charge in [-0.15, -0.1) is 0 Å². The summed E-state index contributed by atoms with van der Waals surface area (Å²) in [6, 6.07) is -0.277. The molecule has 3 aliphatic heterocycles. The molecule has 3 heterocycles. The van der Waals surface area contributed by atoms with Crippen LogP contribution in [0.4, 0.5) is 4.79 Å². The first-order valence-corrected chi connectivity index (χ1v) is 6.07. The summed E-state index contributed by atoms with van der Waals surface area (Å²) in [6.07, 6.45) is 2.80. The quantitative estimate of drug-likeness (QED) is 0.635. The molecule has 0 bridgehead atoms. The molecule has 3 fully saturated rings. The molecule has 0 radical (unpaired) electrons. The molecule has 6 nitrogen and oxygen atoms in total. The molecule has 4 amide bonds. The zero-order chi connectivity index (χ0) is 12.0. The van der Waals surface area contributed by atoms with Crippen molar-refractivity contribution >= 4 is 17.8 Å². The molecule has 0 aromatic rings. The van der Waals surface area contributed by atoms with E-state index in [1.54, 1.807) is 0 Å². The first-order valence-electron chi connectivity index (χ1n) is 6.07. The van der Waals surface area contributed by atoms with Gasteiger partial charge in [0.15, 0.2) is 0 Å². The molecular formula is C11H15N3O3. The fourth-order valence-corrected chi connectivity index (χ4v) is 3.25. The third-order valence-corrected chi connectivity index (χ3v) is 3.95. The maximum absolute atomic E-state index is 11.8. The summed E-state index contributed by atoms with van der Waals surface area (Å²) in [5.41, 5.74) is 0. The SMILES string of the molecule is O=C1CC(=O)N(C2CCN3CCCC23)C(=O)N1. The minimum absolute atomic E-state index is 0.0434. The molecule has 3 rings (SSSR count). The van der Waals surface area contributed by atoms with Crippen molar-refractivity contribution in [3.05, 3.63) is 0 Å². The van der Waals surface area contributed by atoms with Gasteiger partial charge >= 0.3 is 6.03 Å². The Bertz CT molecular complexity index is 375. The number of carbonyl (C=O) groups is 3. The van der Waals surface area contributed by atoms with Crippen molar-refractivity contribution < 1.29 is 14.4 Å². The van der Waals surface area contributed by atoms with Crippen molar-refractivity contribution in [1.29, 1.82) is 0 Å². The predicted octanol–water partition coefficient (Wildman–Crippen LogP) is -0.308. The van der Waals surface area contributed by atoms with Gasteiger partial charge in [-0.05, 0) is 25.8 Å². The van der Waals surface area contributed by atoms with Crippen molar-refractivity contribution in [1.82, 2.24) is 15.1 Å². The Balaban J connectivity index is 1.81. The number of carbonyl (C=O) groups excluding carboxylic acids is 3. The maximum Gasteiger partial charge on any atom is 0.331 e. The fourth-order valence-electron chi connectivity index (χ4n) is 3.25. The second-order valence-electron chi connectivity index (χ2n) is 4.90. The molecule has 1 N–H and O–H groups in total. The summed E-state index contributed by atoms with van der Waals surface area (Å²) in [7, 11) is 0. The number of nitrogens with zero attached hydrogens (tertiary/aromatic N) is 2. The molecule has 2 atom stereocenters. The average Bonchev–Trinajstić information content (AvgIpc) is 2.80. The first kappa shape index (κ1) is 10.7. The Morgan fingerprint density at radius 1 is 1.06 bits per heavy atom. The van der Waals surface area contributed by atoms with Crippen LogP contribution in [0.1, 0.15) is 25.7 Å². The number of hydrogen-bond donors (Lipinski definition) is 1. The van der Waals surface area contributed by atoms with E-state index in [0.29, 0.717) is 6.04 Å². The Kier molecular flexibility index (Phi) is 2.39. The molecule has 2 unspecified atom stereocenters. The van der Waals surface area contributed by atoms with Crippen LogP contribution < -0.4 is 5.32 Å². The van der Waals surface area contributed by atoms with Gasteiger partial charge in [0.1, 0.15) is 6.42 Å². The highest BCUT2D eigenvalue weighted by Gasteiger charge is 2.46. The molecule has 0 saturated carbocycles. The summed E-state index contributed by atoms with van der Waals surface area (Å²) >= 11 is 0. The Labute approximate surface area is 98.9 Å². The number of fused-ring (bicyclic) bond motifs is 1. The maximum atomic E-state index is 11.8. The van der Waals surface area contributed by atoms with Gasteiger partial charge in [-0.25, -0.2) is 4.79 Å². The van der Waals surface area contributed by atoms with E-state index in [1.807, 2.05) is 0 Å². The number of hydrogen-bond acceptors (Lipinski definition) is 4. The van der Waals surface area contributed by atoms with Crippen molar-refractivity contribution in [2.45, 2.75) is 37.8 Å². The third-order valence-electron chi connectivity index (χ3n) is 3.95. The second-order valence-corrected chi connectivity index (χ2v) is 4.90. The van der Waals surface area contributed by atoms with Crippen LogP contribution in [0.25, 0.3) is 0 Å². The van der Waals surface area contributed by atoms with Gasteiger partial charge in [0.2, 0.25) is 11.8 Å². The minimum atomic E-state index is -0.537. The average molecular weight is 237 g/mol. The van der Waals surface area contributed by atoms with Crippen LogP contribution in [0, 0.1) is 0 Å². The Morgan fingerprint density at radius 2 is 1.88 bits per heavy atom. The molecule has 0 aromatic heterocycles. The lowest BCUT2D eigenvalue weighted by atomic mass is 10.0. The number of barbiturate groups is 1. The summed E-state index contributed by atoms with van der Waals surface area (Å²) in [4.78, 5) is 38.3. The van der Waals surface area contributed by atoms with E-state index < -0.39 is 11.9 Å². The lowest BCUT2D eigenvalue weighted by Crippen LogP contribution is -2.58. The summed E-state index contributed by atoms with van der Waals surface area (Å²) in [5, 5.41) is 2.23. The van der Waals surface area contributed by atoms with Gasteiger partial charge in [0.05, 0.1) is 6.04 Å². The van der Waals surface area contributed by atoms with Gasteiger partial charge in [-0.2, -0.15) is 0 Å². The van der Waals surface area contributed by atoms with Gasteiger partial charge in [-0.3, -0.25) is 24.7 Å². The number of nitrogens with one attached hydrogen (secondary N) is 1. The van der Waals surface area contributed by atoms with Gasteiger partial charge in [0.25, 0.3) is 0 Å². The van der Waals surface area contributed by atoms with Crippen LogP contribution in [0.2, 0.25) is 0 Å². The lowest BCUT2D eigenvalue weighted by molar-refractivity contribution is -0.138. The molecule has 3 saturated heterocycles. The van der Waals surface area contributed by atoms with Gasteiger partial charge < -0.3 is 0 Å². The van der Waals surface area contributed by atoms with E-state index in [2.05, 4.69) is 10.2 Å². The van der Waals surface area contributed by atoms with E-state index in [-0.39, 0.29) is 18.4 Å². The smallest absolute Gasteiger partial charge is 0.298 e. The first-order chi connectivity index (χ1) is 8.16. The highest BCUT2D eigenvalue weighted by atomic mass is 16.2. The molecule has 3 aliphatic rings. The predicted molar refractivity (Wildman–Crippen MR) is 58.0 cm³/mol. The van der Waals surface area contributed by atoms with Crippen molar-refractivity contribution in [2.75, 3.05) is 13.1 Å². The van der Waals surface area contributed by atoms with Crippen LogP contribution in [0.3, 0.4) is 0 Å². The third kappa shape index (κ3) is 1.63. The zero-order valence-corrected chi connectivity index (χ0v) is 9.52. The molecule has 92 valence electrons. The second kappa shape index (κ2) is 3.80. The summed E-state index contributed by atoms with van der Waals surface area (Å²) in [6.45, 7) is 2.00. The standard InChI is InChI=1S/C11H15N3O3/c15-9-6-10(16)14(11(17)12-9)8-3-5-13-4-1-2-7(8)13/h7-8H,1-6H2,(H,12,15,17). The van der Waals surface area contributed by atoms with Gasteiger partial charge in [0, 0.05) is 12.6 Å². The topological polar surface area (TPSA) is 69.7 Å².